The Morgan fingerprint density at radius 1 is 1.25 bits per heavy atom. The molecule has 0 aliphatic heterocycles. The normalized spacial score (nSPS) is 18.9. The van der Waals surface area contributed by atoms with Crippen molar-refractivity contribution in [3.05, 3.63) is 75.5 Å². The van der Waals surface area contributed by atoms with Gasteiger partial charge in [-0.2, -0.15) is 9.78 Å². The summed E-state index contributed by atoms with van der Waals surface area (Å²) in [5, 5.41) is 4.92. The molecule has 1 aliphatic rings. The summed E-state index contributed by atoms with van der Waals surface area (Å²) in [6.45, 7) is 4.24. The molecule has 5 rings (SSSR count). The molecule has 0 spiro atoms. The van der Waals surface area contributed by atoms with E-state index >= 15 is 0 Å². The molecule has 3 heterocycles. The number of benzene rings is 1. The third kappa shape index (κ3) is 2.90. The SMILES string of the molecule is Cc1sc2ncn(/N=C\c3ccc([C@H]4C[C@H]4C)o3)c(=O)c2c1-c1ccccc1. The fraction of sp³-hybridized carbons (Fsp3) is 0.227. The van der Waals surface area contributed by atoms with Gasteiger partial charge < -0.3 is 4.42 Å². The van der Waals surface area contributed by atoms with Crippen LogP contribution >= 0.6 is 11.3 Å². The third-order valence-corrected chi connectivity index (χ3v) is 6.28. The molecule has 28 heavy (non-hydrogen) atoms. The van der Waals surface area contributed by atoms with Crippen LogP contribution in [0.3, 0.4) is 0 Å². The molecule has 1 fully saturated rings. The van der Waals surface area contributed by atoms with Crippen LogP contribution in [0, 0.1) is 12.8 Å². The standard InChI is InChI=1S/C22H19N3O2S/c1-13-10-17(13)18-9-8-16(27-18)11-24-25-12-23-21-20(22(25)26)19(14(2)28-21)15-6-4-3-5-7-15/h3-9,11-13,17H,10H2,1-2H3/b24-11-/t13-,17+/m1/s1. The predicted octanol–water partition coefficient (Wildman–Crippen LogP) is 5.03. The summed E-state index contributed by atoms with van der Waals surface area (Å²) in [6, 6.07) is 13.8. The van der Waals surface area contributed by atoms with Crippen molar-refractivity contribution in [3.63, 3.8) is 0 Å². The van der Waals surface area contributed by atoms with Crippen molar-refractivity contribution >= 4 is 27.8 Å². The van der Waals surface area contributed by atoms with Gasteiger partial charge in [0.1, 0.15) is 22.7 Å². The summed E-state index contributed by atoms with van der Waals surface area (Å²) in [4.78, 5) is 19.4. The van der Waals surface area contributed by atoms with Gasteiger partial charge >= 0.3 is 0 Å². The zero-order valence-corrected chi connectivity index (χ0v) is 16.4. The Morgan fingerprint density at radius 3 is 2.79 bits per heavy atom. The van der Waals surface area contributed by atoms with Gasteiger partial charge in [-0.05, 0) is 37.0 Å². The molecule has 5 nitrogen and oxygen atoms in total. The second-order valence-corrected chi connectivity index (χ2v) is 8.48. The molecule has 0 amide bonds. The molecular formula is C22H19N3O2S. The molecule has 4 aromatic rings. The Bertz CT molecular complexity index is 1250. The highest BCUT2D eigenvalue weighted by atomic mass is 32.1. The first-order valence-electron chi connectivity index (χ1n) is 9.32. The van der Waals surface area contributed by atoms with Gasteiger partial charge in [0.2, 0.25) is 0 Å². The van der Waals surface area contributed by atoms with E-state index in [4.69, 9.17) is 4.42 Å². The second-order valence-electron chi connectivity index (χ2n) is 7.28. The van der Waals surface area contributed by atoms with E-state index in [1.54, 1.807) is 6.21 Å². The molecule has 1 saturated carbocycles. The van der Waals surface area contributed by atoms with Crippen molar-refractivity contribution in [2.75, 3.05) is 0 Å². The van der Waals surface area contributed by atoms with Crippen LogP contribution in [0.15, 0.2) is 63.1 Å². The summed E-state index contributed by atoms with van der Waals surface area (Å²) >= 11 is 1.53. The Hall–Kier alpha value is -2.99. The van der Waals surface area contributed by atoms with E-state index in [1.165, 1.54) is 28.8 Å². The van der Waals surface area contributed by atoms with E-state index < -0.39 is 0 Å². The molecule has 140 valence electrons. The number of thiophene rings is 1. The van der Waals surface area contributed by atoms with Gasteiger partial charge in [-0.15, -0.1) is 11.3 Å². The van der Waals surface area contributed by atoms with Crippen LogP contribution in [0.2, 0.25) is 0 Å². The van der Waals surface area contributed by atoms with Crippen LogP contribution in [0.1, 0.15) is 35.7 Å². The van der Waals surface area contributed by atoms with Gasteiger partial charge in [-0.25, -0.2) is 4.98 Å². The first-order chi connectivity index (χ1) is 13.6. The minimum absolute atomic E-state index is 0.174. The Kier molecular flexibility index (Phi) is 4.02. The predicted molar refractivity (Wildman–Crippen MR) is 112 cm³/mol. The maximum atomic E-state index is 13.1. The van der Waals surface area contributed by atoms with E-state index in [0.29, 0.717) is 23.0 Å². The third-order valence-electron chi connectivity index (χ3n) is 5.27. The fourth-order valence-corrected chi connectivity index (χ4v) is 4.61. The molecule has 1 aliphatic carbocycles. The number of furan rings is 1. The minimum Gasteiger partial charge on any atom is -0.460 e. The van der Waals surface area contributed by atoms with Crippen LogP contribution in [-0.4, -0.2) is 15.9 Å². The number of hydrogen-bond acceptors (Lipinski definition) is 5. The Morgan fingerprint density at radius 2 is 2.04 bits per heavy atom. The van der Waals surface area contributed by atoms with Gasteiger partial charge in [0.25, 0.3) is 5.56 Å². The van der Waals surface area contributed by atoms with Gasteiger partial charge in [-0.1, -0.05) is 37.3 Å². The lowest BCUT2D eigenvalue weighted by Crippen LogP contribution is -2.16. The molecule has 0 bridgehead atoms. The van der Waals surface area contributed by atoms with Crippen molar-refractivity contribution in [1.82, 2.24) is 9.66 Å². The molecule has 0 N–H and O–H groups in total. The molecular weight excluding hydrogens is 370 g/mol. The number of nitrogens with zero attached hydrogens (tertiary/aromatic N) is 3. The van der Waals surface area contributed by atoms with Gasteiger partial charge in [0, 0.05) is 16.4 Å². The second kappa shape index (κ2) is 6.56. The molecule has 0 radical (unpaired) electrons. The summed E-state index contributed by atoms with van der Waals surface area (Å²) < 4.78 is 7.12. The topological polar surface area (TPSA) is 60.4 Å². The quantitative estimate of drug-likeness (QED) is 0.460. The molecule has 6 heteroatoms. The lowest BCUT2D eigenvalue weighted by atomic mass is 10.0. The van der Waals surface area contributed by atoms with E-state index in [9.17, 15) is 4.79 Å². The molecule has 0 saturated heterocycles. The zero-order valence-electron chi connectivity index (χ0n) is 15.6. The van der Waals surface area contributed by atoms with Crippen LogP contribution < -0.4 is 5.56 Å². The highest BCUT2D eigenvalue weighted by Gasteiger charge is 2.36. The summed E-state index contributed by atoms with van der Waals surface area (Å²) in [5.74, 6) is 2.84. The molecule has 1 aromatic carbocycles. The first-order valence-corrected chi connectivity index (χ1v) is 10.1. The summed E-state index contributed by atoms with van der Waals surface area (Å²) in [7, 11) is 0. The van der Waals surface area contributed by atoms with Crippen molar-refractivity contribution in [2.45, 2.75) is 26.2 Å². The lowest BCUT2D eigenvalue weighted by Gasteiger charge is -2.02. The lowest BCUT2D eigenvalue weighted by molar-refractivity contribution is 0.500. The maximum Gasteiger partial charge on any atom is 0.283 e. The number of aryl methyl sites for hydroxylation is 1. The van der Waals surface area contributed by atoms with Crippen molar-refractivity contribution in [3.8, 4) is 11.1 Å². The van der Waals surface area contributed by atoms with Crippen LogP contribution in [-0.2, 0) is 0 Å². The minimum atomic E-state index is -0.174. The van der Waals surface area contributed by atoms with Crippen molar-refractivity contribution < 1.29 is 4.42 Å². The number of fused-ring (bicyclic) bond motifs is 1. The van der Waals surface area contributed by atoms with Gasteiger partial charge in [0.05, 0.1) is 11.6 Å². The maximum absolute atomic E-state index is 13.1. The monoisotopic (exact) mass is 389 g/mol. The van der Waals surface area contributed by atoms with Gasteiger partial charge in [0.15, 0.2) is 0 Å². The molecule has 0 unspecified atom stereocenters. The summed E-state index contributed by atoms with van der Waals surface area (Å²) in [6.07, 6.45) is 4.22. The average molecular weight is 389 g/mol. The van der Waals surface area contributed by atoms with Crippen molar-refractivity contribution in [1.29, 1.82) is 0 Å². The Balaban J connectivity index is 1.55. The zero-order chi connectivity index (χ0) is 19.3. The van der Waals surface area contributed by atoms with Crippen molar-refractivity contribution in [2.24, 2.45) is 11.0 Å². The number of hydrogen-bond donors (Lipinski definition) is 0. The van der Waals surface area contributed by atoms with E-state index in [-0.39, 0.29) is 5.56 Å². The number of rotatable bonds is 4. The average Bonchev–Trinajstić information content (AvgIpc) is 3.11. The van der Waals surface area contributed by atoms with Crippen LogP contribution in [0.5, 0.6) is 0 Å². The van der Waals surface area contributed by atoms with Crippen LogP contribution in [0.25, 0.3) is 21.3 Å². The summed E-state index contributed by atoms with van der Waals surface area (Å²) in [5.41, 5.74) is 1.78. The van der Waals surface area contributed by atoms with E-state index in [2.05, 4.69) is 17.0 Å². The molecule has 3 aromatic heterocycles. The van der Waals surface area contributed by atoms with E-state index in [1.807, 2.05) is 49.4 Å². The smallest absolute Gasteiger partial charge is 0.283 e. The Labute approximate surface area is 166 Å². The first kappa shape index (κ1) is 17.1. The fourth-order valence-electron chi connectivity index (χ4n) is 3.60. The molecule has 2 atom stereocenters. The largest absolute Gasteiger partial charge is 0.460 e. The van der Waals surface area contributed by atoms with Gasteiger partial charge in [-0.3, -0.25) is 4.79 Å². The van der Waals surface area contributed by atoms with Crippen LogP contribution in [0.4, 0.5) is 0 Å². The highest BCUT2D eigenvalue weighted by Crippen LogP contribution is 2.47. The van der Waals surface area contributed by atoms with E-state index in [0.717, 1.165) is 26.6 Å². The highest BCUT2D eigenvalue weighted by molar-refractivity contribution is 7.19. The number of aromatic nitrogens is 2.